The molecule has 0 fully saturated rings. The van der Waals surface area contributed by atoms with Crippen molar-refractivity contribution in [3.8, 4) is 0 Å². The van der Waals surface area contributed by atoms with E-state index in [1.54, 1.807) is 30.3 Å². The molecule has 2 atom stereocenters. The number of rotatable bonds is 6. The lowest BCUT2D eigenvalue weighted by atomic mass is 10.1. The van der Waals surface area contributed by atoms with Crippen molar-refractivity contribution in [1.29, 1.82) is 0 Å². The van der Waals surface area contributed by atoms with Crippen molar-refractivity contribution < 1.29 is 24.6 Å². The van der Waals surface area contributed by atoms with Crippen LogP contribution >= 0.6 is 0 Å². The first-order valence-electron chi connectivity index (χ1n) is 5.94. The van der Waals surface area contributed by atoms with E-state index in [-0.39, 0.29) is 0 Å². The van der Waals surface area contributed by atoms with E-state index >= 15 is 0 Å². The number of carboxylic acids is 1. The predicted molar refractivity (Wildman–Crippen MR) is 69.7 cm³/mol. The first-order valence-corrected chi connectivity index (χ1v) is 5.94. The van der Waals surface area contributed by atoms with Gasteiger partial charge in [-0.3, -0.25) is 14.4 Å². The molecular formula is C13H16N2O5. The Labute approximate surface area is 115 Å². The van der Waals surface area contributed by atoms with Crippen LogP contribution in [0.3, 0.4) is 0 Å². The van der Waals surface area contributed by atoms with E-state index in [1.165, 1.54) is 6.92 Å². The van der Waals surface area contributed by atoms with E-state index in [0.29, 0.717) is 5.56 Å². The number of aliphatic carboxylic acids is 1. The third-order valence-electron chi connectivity index (χ3n) is 2.57. The first kappa shape index (κ1) is 15.6. The number of carboxylic acid groups (broad SMARTS) is 1. The Morgan fingerprint density at radius 2 is 1.75 bits per heavy atom. The molecule has 7 heteroatoms. The smallest absolute Gasteiger partial charge is 0.325 e. The van der Waals surface area contributed by atoms with Crippen molar-refractivity contribution in [1.82, 2.24) is 10.6 Å². The van der Waals surface area contributed by atoms with Crippen molar-refractivity contribution in [2.75, 3.05) is 6.61 Å². The summed E-state index contributed by atoms with van der Waals surface area (Å²) in [5, 5.41) is 22.1. The quantitative estimate of drug-likeness (QED) is 0.556. The van der Waals surface area contributed by atoms with Gasteiger partial charge in [0.1, 0.15) is 18.7 Å². The summed E-state index contributed by atoms with van der Waals surface area (Å²) in [5.74, 6) is -2.57. The Hall–Kier alpha value is -2.41. The maximum Gasteiger partial charge on any atom is 0.325 e. The molecule has 0 aliphatic carbocycles. The zero-order valence-electron chi connectivity index (χ0n) is 10.9. The van der Waals surface area contributed by atoms with E-state index < -0.39 is 36.5 Å². The van der Waals surface area contributed by atoms with Gasteiger partial charge >= 0.3 is 5.97 Å². The van der Waals surface area contributed by atoms with Crippen LogP contribution in [0.2, 0.25) is 0 Å². The lowest BCUT2D eigenvalue weighted by Gasteiger charge is -2.19. The second-order valence-corrected chi connectivity index (χ2v) is 4.14. The molecule has 0 aliphatic rings. The molecule has 1 rings (SSSR count). The first-order chi connectivity index (χ1) is 9.45. The molecule has 0 saturated heterocycles. The van der Waals surface area contributed by atoms with Gasteiger partial charge in [-0.15, -0.1) is 0 Å². The molecule has 0 spiro atoms. The van der Waals surface area contributed by atoms with Gasteiger partial charge in [0, 0.05) is 0 Å². The minimum Gasteiger partial charge on any atom is -0.480 e. The zero-order valence-corrected chi connectivity index (χ0v) is 10.9. The summed E-state index contributed by atoms with van der Waals surface area (Å²) < 4.78 is 0. The molecule has 2 amide bonds. The fourth-order valence-corrected chi connectivity index (χ4v) is 1.51. The van der Waals surface area contributed by atoms with Crippen molar-refractivity contribution in [2.45, 2.75) is 19.0 Å². The lowest BCUT2D eigenvalue weighted by molar-refractivity contribution is -0.141. The minimum atomic E-state index is -1.18. The molecule has 20 heavy (non-hydrogen) atoms. The number of aliphatic hydroxyl groups excluding tert-OH is 1. The van der Waals surface area contributed by atoms with Gasteiger partial charge < -0.3 is 20.8 Å². The summed E-state index contributed by atoms with van der Waals surface area (Å²) in [7, 11) is 0. The van der Waals surface area contributed by atoms with Gasteiger partial charge in [0.2, 0.25) is 11.8 Å². The van der Waals surface area contributed by atoms with Crippen LogP contribution in [-0.4, -0.2) is 40.6 Å². The maximum absolute atomic E-state index is 12.0. The van der Waals surface area contributed by atoms with Gasteiger partial charge in [0.25, 0.3) is 0 Å². The van der Waals surface area contributed by atoms with Crippen LogP contribution in [0.5, 0.6) is 0 Å². The average Bonchev–Trinajstić information content (AvgIpc) is 2.44. The Bertz CT molecular complexity index is 489. The number of aliphatic hydroxyl groups is 1. The van der Waals surface area contributed by atoms with Gasteiger partial charge in [0.05, 0.1) is 0 Å². The van der Waals surface area contributed by atoms with E-state index in [0.717, 1.165) is 0 Å². The standard InChI is InChI=1S/C13H16N2O5/c1-8(13(19)20)14-12(18)11(15-10(17)7-16)9-5-3-2-4-6-9/h2-6,8,11,16H,7H2,1H3,(H,14,18)(H,15,17)(H,19,20)/t8-,11+/m0/s1. The van der Waals surface area contributed by atoms with Gasteiger partial charge in [-0.25, -0.2) is 0 Å². The summed E-state index contributed by atoms with van der Waals surface area (Å²) in [6.45, 7) is 0.557. The van der Waals surface area contributed by atoms with E-state index in [9.17, 15) is 14.4 Å². The molecule has 0 saturated carbocycles. The third-order valence-corrected chi connectivity index (χ3v) is 2.57. The highest BCUT2D eigenvalue weighted by atomic mass is 16.4. The van der Waals surface area contributed by atoms with Crippen LogP contribution < -0.4 is 10.6 Å². The fourth-order valence-electron chi connectivity index (χ4n) is 1.51. The summed E-state index contributed by atoms with van der Waals surface area (Å²) >= 11 is 0. The van der Waals surface area contributed by atoms with Crippen LogP contribution in [0, 0.1) is 0 Å². The molecule has 1 aromatic carbocycles. The third kappa shape index (κ3) is 4.36. The van der Waals surface area contributed by atoms with Crippen molar-refractivity contribution in [3.05, 3.63) is 35.9 Å². The predicted octanol–water partition coefficient (Wildman–Crippen LogP) is -0.574. The summed E-state index contributed by atoms with van der Waals surface area (Å²) in [4.78, 5) is 34.0. The van der Waals surface area contributed by atoms with Gasteiger partial charge in [-0.05, 0) is 12.5 Å². The van der Waals surface area contributed by atoms with Crippen LogP contribution in [0.4, 0.5) is 0 Å². The normalized spacial score (nSPS) is 13.1. The number of hydrogen-bond acceptors (Lipinski definition) is 4. The molecule has 1 aromatic rings. The minimum absolute atomic E-state index is 0.490. The van der Waals surface area contributed by atoms with E-state index in [4.69, 9.17) is 10.2 Å². The second kappa shape index (κ2) is 7.25. The molecule has 0 aromatic heterocycles. The molecule has 108 valence electrons. The van der Waals surface area contributed by atoms with Crippen LogP contribution in [0.25, 0.3) is 0 Å². The largest absolute Gasteiger partial charge is 0.480 e. The van der Waals surface area contributed by atoms with E-state index in [1.807, 2.05) is 0 Å². The average molecular weight is 280 g/mol. The maximum atomic E-state index is 12.0. The topological polar surface area (TPSA) is 116 Å². The number of benzene rings is 1. The highest BCUT2D eigenvalue weighted by Gasteiger charge is 2.25. The highest BCUT2D eigenvalue weighted by Crippen LogP contribution is 2.13. The number of carbonyl (C=O) groups excluding carboxylic acids is 2. The molecule has 0 radical (unpaired) electrons. The molecule has 7 nitrogen and oxygen atoms in total. The Kier molecular flexibility index (Phi) is 5.67. The van der Waals surface area contributed by atoms with Crippen molar-refractivity contribution in [3.63, 3.8) is 0 Å². The van der Waals surface area contributed by atoms with Gasteiger partial charge in [-0.1, -0.05) is 30.3 Å². The highest BCUT2D eigenvalue weighted by molar-refractivity contribution is 5.91. The van der Waals surface area contributed by atoms with Gasteiger partial charge in [0.15, 0.2) is 0 Å². The van der Waals surface area contributed by atoms with Gasteiger partial charge in [-0.2, -0.15) is 0 Å². The summed E-state index contributed by atoms with van der Waals surface area (Å²) in [6, 6.07) is 6.20. The Morgan fingerprint density at radius 3 is 2.25 bits per heavy atom. The van der Waals surface area contributed by atoms with Crippen LogP contribution in [-0.2, 0) is 14.4 Å². The molecule has 0 unspecified atom stereocenters. The fraction of sp³-hybridized carbons (Fsp3) is 0.308. The van der Waals surface area contributed by atoms with Crippen LogP contribution in [0.1, 0.15) is 18.5 Å². The summed E-state index contributed by atoms with van der Waals surface area (Å²) in [5.41, 5.74) is 0.490. The Morgan fingerprint density at radius 1 is 1.15 bits per heavy atom. The van der Waals surface area contributed by atoms with Crippen molar-refractivity contribution >= 4 is 17.8 Å². The molecule has 0 bridgehead atoms. The second-order valence-electron chi connectivity index (χ2n) is 4.14. The number of nitrogens with one attached hydrogen (secondary N) is 2. The molecular weight excluding hydrogens is 264 g/mol. The number of amides is 2. The monoisotopic (exact) mass is 280 g/mol. The number of hydrogen-bond donors (Lipinski definition) is 4. The SMILES string of the molecule is C[C@H](NC(=O)[C@H](NC(=O)CO)c1ccccc1)C(=O)O. The molecule has 0 heterocycles. The molecule has 0 aliphatic heterocycles. The van der Waals surface area contributed by atoms with Crippen LogP contribution in [0.15, 0.2) is 30.3 Å². The van der Waals surface area contributed by atoms with Crippen molar-refractivity contribution in [2.24, 2.45) is 0 Å². The van der Waals surface area contributed by atoms with E-state index in [2.05, 4.69) is 10.6 Å². The molecule has 4 N–H and O–H groups in total. The summed E-state index contributed by atoms with van der Waals surface area (Å²) in [6.07, 6.45) is 0. The lowest BCUT2D eigenvalue weighted by Crippen LogP contribution is -2.46. The number of carbonyl (C=O) groups is 3. The Balaban J connectivity index is 2.90. The zero-order chi connectivity index (χ0) is 15.1.